The van der Waals surface area contributed by atoms with Crippen molar-refractivity contribution in [3.63, 3.8) is 0 Å². The van der Waals surface area contributed by atoms with Gasteiger partial charge in [-0.1, -0.05) is 12.1 Å². The number of nitrogens with zero attached hydrogens (tertiary/aromatic N) is 4. The van der Waals surface area contributed by atoms with Crippen molar-refractivity contribution in [1.82, 2.24) is 25.1 Å². The molecule has 3 aliphatic rings. The highest BCUT2D eigenvalue weighted by atomic mass is 16.5. The van der Waals surface area contributed by atoms with Gasteiger partial charge in [0.15, 0.2) is 0 Å². The van der Waals surface area contributed by atoms with E-state index >= 15 is 0 Å². The van der Waals surface area contributed by atoms with Gasteiger partial charge >= 0.3 is 0 Å². The van der Waals surface area contributed by atoms with Gasteiger partial charge in [0.1, 0.15) is 0 Å². The maximum Gasteiger partial charge on any atom is 0.0607 e. The maximum absolute atomic E-state index is 5.50. The molecule has 0 amide bonds. The summed E-state index contributed by atoms with van der Waals surface area (Å²) in [5.41, 5.74) is 5.39. The summed E-state index contributed by atoms with van der Waals surface area (Å²) in [5.74, 6) is 0. The molecule has 6 nitrogen and oxygen atoms in total. The zero-order chi connectivity index (χ0) is 21.6. The molecule has 0 unspecified atom stereocenters. The fourth-order valence-corrected chi connectivity index (χ4v) is 5.58. The van der Waals surface area contributed by atoms with Gasteiger partial charge in [-0.05, 0) is 68.5 Å². The highest BCUT2D eigenvalue weighted by molar-refractivity contribution is 5.26. The molecule has 172 valence electrons. The Morgan fingerprint density at radius 2 is 1.91 bits per heavy atom. The van der Waals surface area contributed by atoms with Crippen LogP contribution >= 0.6 is 0 Å². The molecule has 4 heterocycles. The summed E-state index contributed by atoms with van der Waals surface area (Å²) in [6, 6.07) is 9.52. The summed E-state index contributed by atoms with van der Waals surface area (Å²) < 4.78 is 5.50. The number of rotatable bonds is 8. The number of aromatic nitrogens is 2. The van der Waals surface area contributed by atoms with E-state index < -0.39 is 0 Å². The van der Waals surface area contributed by atoms with Crippen LogP contribution < -0.4 is 5.32 Å². The zero-order valence-electron chi connectivity index (χ0n) is 19.2. The average molecular weight is 436 g/mol. The van der Waals surface area contributed by atoms with Crippen LogP contribution in [0.1, 0.15) is 54.2 Å². The van der Waals surface area contributed by atoms with Crippen LogP contribution in [-0.2, 0) is 24.1 Å². The second kappa shape index (κ2) is 10.8. The van der Waals surface area contributed by atoms with E-state index in [1.807, 2.05) is 18.5 Å². The highest BCUT2D eigenvalue weighted by Gasteiger charge is 2.30. The predicted molar refractivity (Wildman–Crippen MR) is 127 cm³/mol. The number of ether oxygens (including phenoxy) is 1. The van der Waals surface area contributed by atoms with Gasteiger partial charge in [0.05, 0.1) is 24.9 Å². The fraction of sp³-hybridized carbons (Fsp3) is 0.615. The van der Waals surface area contributed by atoms with E-state index in [1.54, 1.807) is 0 Å². The molecule has 5 rings (SSSR count). The van der Waals surface area contributed by atoms with E-state index in [1.165, 1.54) is 61.2 Å². The van der Waals surface area contributed by atoms with Crippen molar-refractivity contribution in [2.75, 3.05) is 45.9 Å². The van der Waals surface area contributed by atoms with E-state index in [0.29, 0.717) is 12.1 Å². The van der Waals surface area contributed by atoms with Gasteiger partial charge < -0.3 is 10.1 Å². The van der Waals surface area contributed by atoms with Crippen LogP contribution in [0.4, 0.5) is 0 Å². The summed E-state index contributed by atoms with van der Waals surface area (Å²) in [7, 11) is 0. The first-order valence-corrected chi connectivity index (χ1v) is 12.5. The molecule has 1 saturated heterocycles. The number of hydrogen-bond donors (Lipinski definition) is 1. The molecule has 2 aromatic rings. The minimum absolute atomic E-state index is 0.440. The SMILES string of the molecule is c1cnc2c(c1)CN[C@@H](CN(CCCCN1CCOCC1)[C@H]1CCCc3cccnc31)C2. The number of unbranched alkanes of at least 4 members (excludes halogenated alkanes) is 1. The highest BCUT2D eigenvalue weighted by Crippen LogP contribution is 2.33. The van der Waals surface area contributed by atoms with Crippen molar-refractivity contribution in [2.45, 2.75) is 57.2 Å². The normalized spacial score (nSPS) is 23.7. The lowest BCUT2D eigenvalue weighted by Crippen LogP contribution is -2.47. The molecule has 0 spiro atoms. The van der Waals surface area contributed by atoms with Gasteiger partial charge in [0.2, 0.25) is 0 Å². The largest absolute Gasteiger partial charge is 0.379 e. The van der Waals surface area contributed by atoms with Crippen molar-refractivity contribution < 1.29 is 4.74 Å². The fourth-order valence-electron chi connectivity index (χ4n) is 5.58. The van der Waals surface area contributed by atoms with Crippen molar-refractivity contribution >= 4 is 0 Å². The summed E-state index contributed by atoms with van der Waals surface area (Å²) in [6.07, 6.45) is 11.1. The number of fused-ring (bicyclic) bond motifs is 2. The van der Waals surface area contributed by atoms with Crippen molar-refractivity contribution in [3.8, 4) is 0 Å². The summed E-state index contributed by atoms with van der Waals surface area (Å²) in [6.45, 7) is 8.27. The Hall–Kier alpha value is -1.86. The van der Waals surface area contributed by atoms with E-state index in [-0.39, 0.29) is 0 Å². The Bertz CT molecular complexity index is 869. The molecule has 0 bridgehead atoms. The predicted octanol–water partition coefficient (Wildman–Crippen LogP) is 2.98. The van der Waals surface area contributed by atoms with Crippen LogP contribution in [0.15, 0.2) is 36.7 Å². The van der Waals surface area contributed by atoms with Crippen molar-refractivity contribution in [3.05, 3.63) is 59.2 Å². The minimum Gasteiger partial charge on any atom is -0.379 e. The van der Waals surface area contributed by atoms with E-state index in [9.17, 15) is 0 Å². The quantitative estimate of drug-likeness (QED) is 0.644. The van der Waals surface area contributed by atoms with Crippen LogP contribution in [0.3, 0.4) is 0 Å². The Labute approximate surface area is 192 Å². The molecule has 0 aromatic carbocycles. The van der Waals surface area contributed by atoms with Crippen LogP contribution in [0, 0.1) is 0 Å². The molecule has 1 fully saturated rings. The average Bonchev–Trinajstić information content (AvgIpc) is 2.86. The Morgan fingerprint density at radius 3 is 2.81 bits per heavy atom. The van der Waals surface area contributed by atoms with Gasteiger partial charge in [-0.3, -0.25) is 19.8 Å². The smallest absolute Gasteiger partial charge is 0.0607 e. The molecular weight excluding hydrogens is 398 g/mol. The van der Waals surface area contributed by atoms with E-state index in [4.69, 9.17) is 9.72 Å². The molecule has 0 saturated carbocycles. The van der Waals surface area contributed by atoms with Gasteiger partial charge in [-0.15, -0.1) is 0 Å². The third kappa shape index (κ3) is 5.37. The first kappa shape index (κ1) is 22.0. The van der Waals surface area contributed by atoms with Crippen LogP contribution in [0.2, 0.25) is 0 Å². The molecule has 2 aromatic heterocycles. The zero-order valence-corrected chi connectivity index (χ0v) is 19.2. The molecule has 2 atom stereocenters. The molecule has 32 heavy (non-hydrogen) atoms. The third-order valence-electron chi connectivity index (χ3n) is 7.34. The Morgan fingerprint density at radius 1 is 1.06 bits per heavy atom. The molecule has 1 N–H and O–H groups in total. The monoisotopic (exact) mass is 435 g/mol. The lowest BCUT2D eigenvalue weighted by atomic mass is 9.90. The Balaban J connectivity index is 1.25. The van der Waals surface area contributed by atoms with Crippen LogP contribution in [0.25, 0.3) is 0 Å². The third-order valence-corrected chi connectivity index (χ3v) is 7.34. The summed E-state index contributed by atoms with van der Waals surface area (Å²) in [4.78, 5) is 14.8. The number of aryl methyl sites for hydroxylation is 1. The first-order chi connectivity index (χ1) is 15.9. The lowest BCUT2D eigenvalue weighted by molar-refractivity contribution is 0.0365. The molecule has 1 aliphatic carbocycles. The van der Waals surface area contributed by atoms with Crippen LogP contribution in [0.5, 0.6) is 0 Å². The minimum atomic E-state index is 0.440. The van der Waals surface area contributed by atoms with E-state index in [0.717, 1.165) is 52.4 Å². The van der Waals surface area contributed by atoms with Gasteiger partial charge in [-0.25, -0.2) is 0 Å². The molecule has 6 heteroatoms. The number of morpholine rings is 1. The number of pyridine rings is 2. The number of hydrogen-bond acceptors (Lipinski definition) is 6. The maximum atomic E-state index is 5.50. The second-order valence-electron chi connectivity index (χ2n) is 9.50. The lowest BCUT2D eigenvalue weighted by Gasteiger charge is -2.38. The topological polar surface area (TPSA) is 53.5 Å². The van der Waals surface area contributed by atoms with Gasteiger partial charge in [0.25, 0.3) is 0 Å². The molecule has 2 aliphatic heterocycles. The van der Waals surface area contributed by atoms with Crippen molar-refractivity contribution in [1.29, 1.82) is 0 Å². The molecule has 0 radical (unpaired) electrons. The second-order valence-corrected chi connectivity index (χ2v) is 9.50. The standard InChI is InChI=1S/C26H37N5O/c1(12-30-14-16-32-17-15-30)2-13-31(25-9-3-6-21-7-4-11-28-26(21)25)20-23-18-24-22(19-29-23)8-5-10-27-24/h4-5,7-8,10-11,23,25,29H,1-3,6,9,12-20H2/t23-,25+/m1/s1. The van der Waals surface area contributed by atoms with Crippen molar-refractivity contribution in [2.24, 2.45) is 0 Å². The van der Waals surface area contributed by atoms with Crippen LogP contribution in [-0.4, -0.2) is 71.7 Å². The van der Waals surface area contributed by atoms with Gasteiger partial charge in [-0.2, -0.15) is 0 Å². The summed E-state index contributed by atoms with van der Waals surface area (Å²) in [5, 5.41) is 3.79. The van der Waals surface area contributed by atoms with Gasteiger partial charge in [0, 0.05) is 56.7 Å². The Kier molecular flexibility index (Phi) is 7.44. The summed E-state index contributed by atoms with van der Waals surface area (Å²) >= 11 is 0. The van der Waals surface area contributed by atoms with E-state index in [2.05, 4.69) is 38.3 Å². The molecular formula is C26H37N5O. The first-order valence-electron chi connectivity index (χ1n) is 12.5. The number of nitrogens with one attached hydrogen (secondary N) is 1.